The fraction of sp³-hybridized carbons (Fsp3) is 0.333. The number of halogens is 1. The first kappa shape index (κ1) is 11.3. The number of nitro groups is 1. The first-order chi connectivity index (χ1) is 6.65. The topological polar surface area (TPSA) is 43.1 Å². The van der Waals surface area contributed by atoms with Crippen LogP contribution in [0.1, 0.15) is 12.0 Å². The molecule has 0 atom stereocenters. The zero-order chi connectivity index (χ0) is 10.6. The van der Waals surface area contributed by atoms with Gasteiger partial charge in [0.05, 0.1) is 4.92 Å². The van der Waals surface area contributed by atoms with Gasteiger partial charge in [0.25, 0.3) is 5.69 Å². The fourth-order valence-electron chi connectivity index (χ4n) is 1.14. The molecule has 0 aromatic heterocycles. The molecule has 76 valence electrons. The first-order valence-electron chi connectivity index (χ1n) is 4.19. The van der Waals surface area contributed by atoms with Gasteiger partial charge in [0.15, 0.2) is 0 Å². The van der Waals surface area contributed by atoms with E-state index in [1.54, 1.807) is 12.1 Å². The highest BCUT2D eigenvalue weighted by molar-refractivity contribution is 7.80. The largest absolute Gasteiger partial charge is 0.287 e. The molecule has 1 aromatic carbocycles. The Balaban J connectivity index is 2.83. The average molecular weight is 232 g/mol. The lowest BCUT2D eigenvalue weighted by Gasteiger charge is -2.00. The van der Waals surface area contributed by atoms with E-state index in [4.69, 9.17) is 11.6 Å². The van der Waals surface area contributed by atoms with Gasteiger partial charge in [-0.1, -0.05) is 17.7 Å². The Morgan fingerprint density at radius 3 is 2.71 bits per heavy atom. The number of nitro benzene ring substituents is 1. The van der Waals surface area contributed by atoms with Crippen molar-refractivity contribution in [1.29, 1.82) is 0 Å². The van der Waals surface area contributed by atoms with Crippen LogP contribution in [0.5, 0.6) is 0 Å². The van der Waals surface area contributed by atoms with Gasteiger partial charge in [0.1, 0.15) is 5.02 Å². The molecule has 0 bridgehead atoms. The van der Waals surface area contributed by atoms with Crippen LogP contribution in [0.15, 0.2) is 18.2 Å². The number of nitrogens with zero attached hydrogens (tertiary/aromatic N) is 1. The van der Waals surface area contributed by atoms with Crippen LogP contribution in [0.25, 0.3) is 0 Å². The molecule has 0 heterocycles. The van der Waals surface area contributed by atoms with Gasteiger partial charge in [-0.15, -0.1) is 0 Å². The smallest absolute Gasteiger partial charge is 0.258 e. The van der Waals surface area contributed by atoms with Crippen molar-refractivity contribution in [1.82, 2.24) is 0 Å². The normalized spacial score (nSPS) is 10.1. The van der Waals surface area contributed by atoms with Crippen molar-refractivity contribution < 1.29 is 4.92 Å². The molecule has 0 saturated heterocycles. The Hall–Kier alpha value is -0.740. The molecule has 0 unspecified atom stereocenters. The summed E-state index contributed by atoms with van der Waals surface area (Å²) in [4.78, 5) is 9.97. The minimum atomic E-state index is -0.481. The third kappa shape index (κ3) is 2.89. The second kappa shape index (κ2) is 5.22. The molecule has 5 heteroatoms. The summed E-state index contributed by atoms with van der Waals surface area (Å²) in [5.41, 5.74) is 0.968. The maximum Gasteiger partial charge on any atom is 0.287 e. The quantitative estimate of drug-likeness (QED) is 0.492. The number of thiol groups is 1. The summed E-state index contributed by atoms with van der Waals surface area (Å²) in [5, 5.41) is 10.7. The summed E-state index contributed by atoms with van der Waals surface area (Å²) in [7, 11) is 0. The van der Waals surface area contributed by atoms with Crippen LogP contribution in [-0.4, -0.2) is 10.7 Å². The number of rotatable bonds is 4. The van der Waals surface area contributed by atoms with Crippen LogP contribution in [0.4, 0.5) is 5.69 Å². The van der Waals surface area contributed by atoms with Crippen molar-refractivity contribution in [2.45, 2.75) is 12.8 Å². The van der Waals surface area contributed by atoms with Crippen molar-refractivity contribution in [2.75, 3.05) is 5.75 Å². The summed E-state index contributed by atoms with van der Waals surface area (Å²) < 4.78 is 0. The molecule has 0 aliphatic carbocycles. The molecule has 0 aliphatic rings. The number of benzene rings is 1. The summed E-state index contributed by atoms with van der Waals surface area (Å²) in [6.45, 7) is 0. The lowest BCUT2D eigenvalue weighted by molar-refractivity contribution is -0.384. The highest BCUT2D eigenvalue weighted by atomic mass is 35.5. The molecule has 0 aliphatic heterocycles. The van der Waals surface area contributed by atoms with E-state index in [-0.39, 0.29) is 10.7 Å². The van der Waals surface area contributed by atoms with Crippen molar-refractivity contribution in [3.05, 3.63) is 38.9 Å². The highest BCUT2D eigenvalue weighted by Gasteiger charge is 2.11. The van der Waals surface area contributed by atoms with Crippen LogP contribution >= 0.6 is 24.2 Å². The maximum absolute atomic E-state index is 10.5. The summed E-state index contributed by atoms with van der Waals surface area (Å²) in [5.74, 6) is 0.800. The van der Waals surface area contributed by atoms with Crippen molar-refractivity contribution in [2.24, 2.45) is 0 Å². The van der Waals surface area contributed by atoms with Gasteiger partial charge in [-0.25, -0.2) is 0 Å². The van der Waals surface area contributed by atoms with Gasteiger partial charge in [0.2, 0.25) is 0 Å². The van der Waals surface area contributed by atoms with Gasteiger partial charge >= 0.3 is 0 Å². The Bertz CT molecular complexity index is 344. The van der Waals surface area contributed by atoms with Crippen LogP contribution in [0.2, 0.25) is 5.02 Å². The Morgan fingerprint density at radius 2 is 2.21 bits per heavy atom. The zero-order valence-electron chi connectivity index (χ0n) is 7.44. The van der Waals surface area contributed by atoms with Crippen LogP contribution in [0, 0.1) is 10.1 Å². The molecule has 0 amide bonds. The van der Waals surface area contributed by atoms with Gasteiger partial charge in [-0.2, -0.15) is 12.6 Å². The van der Waals surface area contributed by atoms with E-state index in [0.29, 0.717) is 0 Å². The number of hydrogen-bond acceptors (Lipinski definition) is 3. The molecule has 0 saturated carbocycles. The molecule has 14 heavy (non-hydrogen) atoms. The van der Waals surface area contributed by atoms with Gasteiger partial charge < -0.3 is 0 Å². The maximum atomic E-state index is 10.5. The molecule has 3 nitrogen and oxygen atoms in total. The van der Waals surface area contributed by atoms with E-state index >= 15 is 0 Å². The first-order valence-corrected chi connectivity index (χ1v) is 5.20. The lowest BCUT2D eigenvalue weighted by Crippen LogP contribution is -1.91. The minimum Gasteiger partial charge on any atom is -0.258 e. The van der Waals surface area contributed by atoms with Crippen molar-refractivity contribution >= 4 is 29.9 Å². The number of aryl methyl sites for hydroxylation is 1. The van der Waals surface area contributed by atoms with Gasteiger partial charge in [0, 0.05) is 6.07 Å². The second-order valence-corrected chi connectivity index (χ2v) is 3.72. The molecule has 0 radical (unpaired) electrons. The van der Waals surface area contributed by atoms with Crippen molar-refractivity contribution in [3.63, 3.8) is 0 Å². The molecular formula is C9H10ClNO2S. The van der Waals surface area contributed by atoms with Crippen LogP contribution < -0.4 is 0 Å². The van der Waals surface area contributed by atoms with E-state index in [1.165, 1.54) is 6.07 Å². The fourth-order valence-corrected chi connectivity index (χ4v) is 1.57. The zero-order valence-corrected chi connectivity index (χ0v) is 9.09. The monoisotopic (exact) mass is 231 g/mol. The summed E-state index contributed by atoms with van der Waals surface area (Å²) in [6.07, 6.45) is 1.79. The van der Waals surface area contributed by atoms with Crippen LogP contribution in [0.3, 0.4) is 0 Å². The van der Waals surface area contributed by atoms with E-state index in [2.05, 4.69) is 12.6 Å². The third-order valence-electron chi connectivity index (χ3n) is 1.83. The van der Waals surface area contributed by atoms with E-state index < -0.39 is 4.92 Å². The standard InChI is InChI=1S/C9H10ClNO2S/c10-8-6-7(2-1-5-14)3-4-9(8)11(12)13/h3-4,6,14H,1-2,5H2. The Labute approximate surface area is 92.6 Å². The predicted octanol–water partition coefficient (Wildman–Crippen LogP) is 3.11. The van der Waals surface area contributed by atoms with E-state index in [9.17, 15) is 10.1 Å². The van der Waals surface area contributed by atoms with Gasteiger partial charge in [-0.3, -0.25) is 10.1 Å². The SMILES string of the molecule is O=[N+]([O-])c1ccc(CCCS)cc1Cl. The summed E-state index contributed by atoms with van der Waals surface area (Å²) >= 11 is 9.83. The highest BCUT2D eigenvalue weighted by Crippen LogP contribution is 2.25. The number of hydrogen-bond donors (Lipinski definition) is 1. The van der Waals surface area contributed by atoms with E-state index in [1.807, 2.05) is 0 Å². The molecule has 0 spiro atoms. The van der Waals surface area contributed by atoms with Gasteiger partial charge in [-0.05, 0) is 30.2 Å². The summed E-state index contributed by atoms with van der Waals surface area (Å²) in [6, 6.07) is 4.81. The second-order valence-electron chi connectivity index (χ2n) is 2.87. The minimum absolute atomic E-state index is 0.0405. The molecule has 0 N–H and O–H groups in total. The molecule has 1 aromatic rings. The average Bonchev–Trinajstić information content (AvgIpc) is 2.14. The molecular weight excluding hydrogens is 222 g/mol. The molecule has 0 fully saturated rings. The third-order valence-corrected chi connectivity index (χ3v) is 2.45. The van der Waals surface area contributed by atoms with E-state index in [0.717, 1.165) is 24.2 Å². The Morgan fingerprint density at radius 1 is 1.50 bits per heavy atom. The van der Waals surface area contributed by atoms with Crippen LogP contribution in [-0.2, 0) is 6.42 Å². The van der Waals surface area contributed by atoms with Crippen molar-refractivity contribution in [3.8, 4) is 0 Å². The lowest BCUT2D eigenvalue weighted by atomic mass is 10.1. The predicted molar refractivity (Wildman–Crippen MR) is 60.3 cm³/mol. The molecule has 1 rings (SSSR count). The Kier molecular flexibility index (Phi) is 4.22.